The number of rotatable bonds is 43. The van der Waals surface area contributed by atoms with Gasteiger partial charge in [-0.15, -0.1) is 0 Å². The van der Waals surface area contributed by atoms with Crippen LogP contribution in [0.2, 0.25) is 0 Å². The Morgan fingerprint density at radius 3 is 1.11 bits per heavy atom. The van der Waals surface area contributed by atoms with Gasteiger partial charge in [0, 0.05) is 19.3 Å². The second-order valence-electron chi connectivity index (χ2n) is 16.0. The van der Waals surface area contributed by atoms with Crippen molar-refractivity contribution < 1.29 is 28.6 Å². The number of esters is 3. The van der Waals surface area contributed by atoms with Gasteiger partial charge in [0.1, 0.15) is 13.2 Å². The Bertz CT molecular complexity index is 1310. The fourth-order valence-electron chi connectivity index (χ4n) is 6.30. The van der Waals surface area contributed by atoms with E-state index in [0.29, 0.717) is 19.3 Å². The highest BCUT2D eigenvalue weighted by Gasteiger charge is 2.19. The van der Waals surface area contributed by atoms with E-state index in [0.717, 1.165) is 83.5 Å². The van der Waals surface area contributed by atoms with Crippen molar-refractivity contribution in [1.82, 2.24) is 0 Å². The highest BCUT2D eigenvalue weighted by molar-refractivity contribution is 5.71. The molecule has 0 radical (unpaired) electrons. The Morgan fingerprint density at radius 1 is 0.339 bits per heavy atom. The van der Waals surface area contributed by atoms with Crippen molar-refractivity contribution in [3.05, 3.63) is 109 Å². The van der Waals surface area contributed by atoms with E-state index in [4.69, 9.17) is 14.2 Å². The molecule has 62 heavy (non-hydrogen) atoms. The molecule has 0 aliphatic rings. The summed E-state index contributed by atoms with van der Waals surface area (Å²) in [5.74, 6) is -1.05. The minimum absolute atomic E-state index is 0.117. The van der Waals surface area contributed by atoms with Gasteiger partial charge >= 0.3 is 17.9 Å². The first-order valence-corrected chi connectivity index (χ1v) is 24.9. The molecule has 0 aliphatic heterocycles. The minimum atomic E-state index is -0.827. The third-order valence-corrected chi connectivity index (χ3v) is 10.0. The maximum atomic E-state index is 12.7. The highest BCUT2D eigenvalue weighted by atomic mass is 16.6. The molecule has 1 atom stereocenters. The molecule has 0 rings (SSSR count). The van der Waals surface area contributed by atoms with Crippen LogP contribution in [-0.4, -0.2) is 37.2 Å². The number of carbonyl (C=O) groups is 3. The molecule has 0 aliphatic carbocycles. The molecule has 0 saturated carbocycles. The van der Waals surface area contributed by atoms with Gasteiger partial charge in [0.2, 0.25) is 0 Å². The van der Waals surface area contributed by atoms with Crippen molar-refractivity contribution in [1.29, 1.82) is 0 Å². The van der Waals surface area contributed by atoms with Crippen LogP contribution < -0.4 is 0 Å². The topological polar surface area (TPSA) is 78.9 Å². The van der Waals surface area contributed by atoms with Gasteiger partial charge in [-0.05, 0) is 96.3 Å². The van der Waals surface area contributed by atoms with Crippen molar-refractivity contribution in [3.63, 3.8) is 0 Å². The molecule has 0 N–H and O–H groups in total. The first-order chi connectivity index (χ1) is 30.5. The summed E-state index contributed by atoms with van der Waals surface area (Å²) in [6, 6.07) is 0. The van der Waals surface area contributed by atoms with E-state index in [1.807, 2.05) is 12.2 Å². The van der Waals surface area contributed by atoms with Crippen LogP contribution in [0.3, 0.4) is 0 Å². The number of carbonyl (C=O) groups excluding carboxylic acids is 3. The number of hydrogen-bond acceptors (Lipinski definition) is 6. The number of unbranched alkanes of at least 4 members (excludes halogenated alkanes) is 14. The monoisotopic (exact) mass is 859 g/mol. The molecule has 0 amide bonds. The van der Waals surface area contributed by atoms with E-state index in [-0.39, 0.29) is 44.0 Å². The molecule has 0 saturated heterocycles. The zero-order valence-corrected chi connectivity index (χ0v) is 39.8. The van der Waals surface area contributed by atoms with Gasteiger partial charge in [-0.3, -0.25) is 14.4 Å². The largest absolute Gasteiger partial charge is 0.462 e. The molecule has 0 aromatic carbocycles. The maximum Gasteiger partial charge on any atom is 0.306 e. The molecule has 0 fully saturated rings. The predicted molar refractivity (Wildman–Crippen MR) is 265 cm³/mol. The van der Waals surface area contributed by atoms with Crippen molar-refractivity contribution in [2.24, 2.45) is 0 Å². The lowest BCUT2D eigenvalue weighted by atomic mass is 10.1. The smallest absolute Gasteiger partial charge is 0.306 e. The van der Waals surface area contributed by atoms with Gasteiger partial charge < -0.3 is 14.2 Å². The number of hydrogen-bond donors (Lipinski definition) is 0. The zero-order valence-electron chi connectivity index (χ0n) is 39.8. The molecule has 0 spiro atoms. The standard InChI is InChI=1S/C56H90O6/c1-4-7-10-13-16-19-22-24-26-27-28-29-31-32-34-37-40-43-46-49-55(58)61-52-53(51-60-54(57)48-45-42-39-36-21-18-15-12-9-6-3)62-56(59)50-47-44-41-38-35-33-30-25-23-20-17-14-11-8-5-2/h7,10,16-17,19-20,24-26,28-30,32,34-35,38,40,43,53H,4-6,8-9,11-15,18,21-23,27,31,33,36-37,39,41-42,44-52H2,1-3H3/b10-7-,19-16-,20-17-,26-24-,29-28-,30-25-,34-32-,38-35-,43-40-/t53-/m1/s1. The molecule has 0 aromatic rings. The van der Waals surface area contributed by atoms with Crippen LogP contribution in [0.5, 0.6) is 0 Å². The summed E-state index contributed by atoms with van der Waals surface area (Å²) in [5, 5.41) is 0. The van der Waals surface area contributed by atoms with Crippen LogP contribution >= 0.6 is 0 Å². The average molecular weight is 859 g/mol. The van der Waals surface area contributed by atoms with Gasteiger partial charge in [-0.2, -0.15) is 0 Å². The van der Waals surface area contributed by atoms with Gasteiger partial charge in [0.15, 0.2) is 6.10 Å². The Hall–Kier alpha value is -3.93. The fraction of sp³-hybridized carbons (Fsp3) is 0.625. The van der Waals surface area contributed by atoms with Crippen molar-refractivity contribution in [2.75, 3.05) is 13.2 Å². The predicted octanol–water partition coefficient (Wildman–Crippen LogP) is 16.4. The molecule has 6 nitrogen and oxygen atoms in total. The van der Waals surface area contributed by atoms with E-state index < -0.39 is 6.10 Å². The van der Waals surface area contributed by atoms with Crippen molar-refractivity contribution >= 4 is 17.9 Å². The minimum Gasteiger partial charge on any atom is -0.462 e. The summed E-state index contributed by atoms with van der Waals surface area (Å²) in [5.41, 5.74) is 0. The Morgan fingerprint density at radius 2 is 0.661 bits per heavy atom. The molecule has 0 bridgehead atoms. The summed E-state index contributed by atoms with van der Waals surface area (Å²) in [6.07, 6.45) is 66.6. The SMILES string of the molecule is CC/C=C\C/C=C\C/C=C\C/C=C\C/C=C\C/C=C\CCC(=O)OC[C@@H](COC(=O)CCCCCCCCCCCC)OC(=O)CCCC/C=C\C/C=C\C/C=C\CCCCC. The van der Waals surface area contributed by atoms with Crippen LogP contribution in [-0.2, 0) is 28.6 Å². The number of ether oxygens (including phenoxy) is 3. The Labute approximate surface area is 380 Å². The van der Waals surface area contributed by atoms with E-state index in [1.54, 1.807) is 0 Å². The maximum absolute atomic E-state index is 12.7. The van der Waals surface area contributed by atoms with Crippen LogP contribution in [0.1, 0.15) is 207 Å². The van der Waals surface area contributed by atoms with Crippen LogP contribution in [0.25, 0.3) is 0 Å². The van der Waals surface area contributed by atoms with Crippen LogP contribution in [0.4, 0.5) is 0 Å². The van der Waals surface area contributed by atoms with Gasteiger partial charge in [0.05, 0.1) is 0 Å². The third-order valence-electron chi connectivity index (χ3n) is 10.0. The summed E-state index contributed by atoms with van der Waals surface area (Å²) in [7, 11) is 0. The highest BCUT2D eigenvalue weighted by Crippen LogP contribution is 2.13. The second kappa shape index (κ2) is 49.7. The number of allylic oxidation sites excluding steroid dienone is 18. The third kappa shape index (κ3) is 47.1. The van der Waals surface area contributed by atoms with Crippen LogP contribution in [0, 0.1) is 0 Å². The molecule has 0 aromatic heterocycles. The first-order valence-electron chi connectivity index (χ1n) is 24.9. The normalized spacial score (nSPS) is 13.0. The zero-order chi connectivity index (χ0) is 45.1. The summed E-state index contributed by atoms with van der Waals surface area (Å²) in [6.45, 7) is 6.36. The second-order valence-corrected chi connectivity index (χ2v) is 16.0. The van der Waals surface area contributed by atoms with E-state index >= 15 is 0 Å². The summed E-state index contributed by atoms with van der Waals surface area (Å²) >= 11 is 0. The summed E-state index contributed by atoms with van der Waals surface area (Å²) in [4.78, 5) is 37.8. The molecular formula is C56H90O6. The summed E-state index contributed by atoms with van der Waals surface area (Å²) < 4.78 is 16.6. The Kier molecular flexibility index (Phi) is 46.6. The van der Waals surface area contributed by atoms with Crippen LogP contribution in [0.15, 0.2) is 109 Å². The van der Waals surface area contributed by atoms with E-state index in [1.165, 1.54) is 70.6 Å². The molecule has 350 valence electrons. The van der Waals surface area contributed by atoms with Gasteiger partial charge in [-0.1, -0.05) is 201 Å². The van der Waals surface area contributed by atoms with Crippen molar-refractivity contribution in [2.45, 2.75) is 213 Å². The fourth-order valence-corrected chi connectivity index (χ4v) is 6.30. The first kappa shape index (κ1) is 58.1. The lowest BCUT2D eigenvalue weighted by Crippen LogP contribution is -2.30. The molecule has 0 heterocycles. The van der Waals surface area contributed by atoms with Gasteiger partial charge in [-0.25, -0.2) is 0 Å². The quantitative estimate of drug-likeness (QED) is 0.0263. The van der Waals surface area contributed by atoms with E-state index in [9.17, 15) is 14.4 Å². The molecule has 0 unspecified atom stereocenters. The van der Waals surface area contributed by atoms with Gasteiger partial charge in [0.25, 0.3) is 0 Å². The Balaban J connectivity index is 4.55. The lowest BCUT2D eigenvalue weighted by Gasteiger charge is -2.18. The average Bonchev–Trinajstić information content (AvgIpc) is 3.27. The lowest BCUT2D eigenvalue weighted by molar-refractivity contribution is -0.166. The molecular weight excluding hydrogens is 769 g/mol. The van der Waals surface area contributed by atoms with Crippen molar-refractivity contribution in [3.8, 4) is 0 Å². The van der Waals surface area contributed by atoms with E-state index in [2.05, 4.69) is 118 Å². The molecule has 6 heteroatoms.